The van der Waals surface area contributed by atoms with E-state index in [1.165, 1.54) is 0 Å². The van der Waals surface area contributed by atoms with Crippen molar-refractivity contribution in [1.29, 1.82) is 0 Å². The van der Waals surface area contributed by atoms with Crippen LogP contribution in [0.1, 0.15) is 6.92 Å². The summed E-state index contributed by atoms with van der Waals surface area (Å²) in [5, 5.41) is 0. The summed E-state index contributed by atoms with van der Waals surface area (Å²) in [7, 11) is 0. The molecule has 0 aromatic heterocycles. The van der Waals surface area contributed by atoms with E-state index in [-0.39, 0.29) is 0 Å². The molecule has 0 aromatic rings. The highest BCUT2D eigenvalue weighted by molar-refractivity contribution is 5.05. The summed E-state index contributed by atoms with van der Waals surface area (Å²) in [6, 6.07) is 0. The van der Waals surface area contributed by atoms with Crippen LogP contribution >= 0.6 is 0 Å². The van der Waals surface area contributed by atoms with Crippen molar-refractivity contribution in [1.82, 2.24) is 0 Å². The van der Waals surface area contributed by atoms with Crippen LogP contribution in [0.3, 0.4) is 0 Å². The number of hydrogen-bond acceptors (Lipinski definition) is 0. The molecule has 0 radical (unpaired) electrons. The summed E-state index contributed by atoms with van der Waals surface area (Å²) in [4.78, 5) is 0. The van der Waals surface area contributed by atoms with E-state index >= 15 is 0 Å². The molecule has 0 heterocycles. The van der Waals surface area contributed by atoms with E-state index < -0.39 is 36.6 Å². The summed E-state index contributed by atoms with van der Waals surface area (Å²) >= 11 is 0. The molecule has 0 aliphatic carbocycles. The maximum absolute atomic E-state index is 12.6. The van der Waals surface area contributed by atoms with E-state index in [0.717, 1.165) is 0 Å². The SMILES string of the molecule is CC(CF)C(F)(F)C(F)C(F)=C(F)F. The van der Waals surface area contributed by atoms with Gasteiger partial charge in [-0.2, -0.15) is 8.78 Å². The van der Waals surface area contributed by atoms with Gasteiger partial charge in [0.25, 0.3) is 5.92 Å². The molecule has 0 amide bonds. The van der Waals surface area contributed by atoms with Gasteiger partial charge in [-0.25, -0.2) is 17.6 Å². The lowest BCUT2D eigenvalue weighted by molar-refractivity contribution is -0.113. The molecule has 0 fully saturated rings. The van der Waals surface area contributed by atoms with Crippen LogP contribution in [0.2, 0.25) is 0 Å². The number of halogens is 7. The Morgan fingerprint density at radius 2 is 1.64 bits per heavy atom. The summed E-state index contributed by atoms with van der Waals surface area (Å²) in [6.07, 6.45) is -6.97. The number of alkyl halides is 4. The lowest BCUT2D eigenvalue weighted by Gasteiger charge is -2.23. The van der Waals surface area contributed by atoms with Crippen LogP contribution in [0.15, 0.2) is 11.9 Å². The molecule has 2 unspecified atom stereocenters. The second-order valence-electron chi connectivity index (χ2n) is 2.70. The van der Waals surface area contributed by atoms with E-state index in [2.05, 4.69) is 0 Å². The summed E-state index contributed by atoms with van der Waals surface area (Å²) in [5.74, 6) is -9.50. The zero-order valence-corrected chi connectivity index (χ0v) is 7.01. The number of rotatable bonds is 4. The fourth-order valence-corrected chi connectivity index (χ4v) is 0.617. The first-order valence-electron chi connectivity index (χ1n) is 3.53. The lowest BCUT2D eigenvalue weighted by Crippen LogP contribution is -2.38. The van der Waals surface area contributed by atoms with Gasteiger partial charge in [-0.05, 0) is 0 Å². The highest BCUT2D eigenvalue weighted by Gasteiger charge is 2.49. The molecule has 0 nitrogen and oxygen atoms in total. The van der Waals surface area contributed by atoms with Crippen LogP contribution in [-0.4, -0.2) is 18.8 Å². The predicted molar refractivity (Wildman–Crippen MR) is 35.3 cm³/mol. The van der Waals surface area contributed by atoms with Crippen molar-refractivity contribution in [2.24, 2.45) is 5.92 Å². The zero-order chi connectivity index (χ0) is 11.5. The molecular formula is C7H7F7. The van der Waals surface area contributed by atoms with Crippen molar-refractivity contribution in [2.75, 3.05) is 6.67 Å². The van der Waals surface area contributed by atoms with Crippen LogP contribution < -0.4 is 0 Å². The van der Waals surface area contributed by atoms with Crippen molar-refractivity contribution in [3.8, 4) is 0 Å². The Bertz CT molecular complexity index is 218. The fraction of sp³-hybridized carbons (Fsp3) is 0.714. The van der Waals surface area contributed by atoms with E-state index in [4.69, 9.17) is 0 Å². The smallest absolute Gasteiger partial charge is 0.251 e. The van der Waals surface area contributed by atoms with Crippen LogP contribution in [0.25, 0.3) is 0 Å². The van der Waals surface area contributed by atoms with E-state index in [1.807, 2.05) is 0 Å². The average Bonchev–Trinajstić information content (AvgIpc) is 2.13. The van der Waals surface area contributed by atoms with Gasteiger partial charge in [-0.3, -0.25) is 4.39 Å². The first kappa shape index (κ1) is 13.2. The molecule has 7 heteroatoms. The summed E-state index contributed by atoms with van der Waals surface area (Å²) in [6.45, 7) is -1.04. The normalized spacial score (nSPS) is 16.3. The molecule has 2 atom stereocenters. The minimum absolute atomic E-state index is 0.593. The van der Waals surface area contributed by atoms with Gasteiger partial charge >= 0.3 is 6.08 Å². The zero-order valence-electron chi connectivity index (χ0n) is 7.01. The monoisotopic (exact) mass is 224 g/mol. The molecular weight excluding hydrogens is 217 g/mol. The Kier molecular flexibility index (Phi) is 4.41. The Morgan fingerprint density at radius 3 is 1.93 bits per heavy atom. The Labute approximate surface area is 75.4 Å². The molecule has 84 valence electrons. The van der Waals surface area contributed by atoms with Gasteiger partial charge in [-0.15, -0.1) is 0 Å². The molecule has 0 aliphatic rings. The third-order valence-corrected chi connectivity index (χ3v) is 1.63. The molecule has 0 N–H and O–H groups in total. The van der Waals surface area contributed by atoms with Gasteiger partial charge in [0, 0.05) is 0 Å². The van der Waals surface area contributed by atoms with Crippen molar-refractivity contribution in [2.45, 2.75) is 19.0 Å². The minimum Gasteiger partial charge on any atom is -0.251 e. The molecule has 0 saturated carbocycles. The van der Waals surface area contributed by atoms with Gasteiger partial charge in [0.2, 0.25) is 12.0 Å². The third kappa shape index (κ3) is 2.62. The van der Waals surface area contributed by atoms with Crippen LogP contribution in [-0.2, 0) is 0 Å². The minimum atomic E-state index is -4.48. The quantitative estimate of drug-likeness (QED) is 0.639. The first-order valence-corrected chi connectivity index (χ1v) is 3.53. The standard InChI is InChI=1S/C7H7F7/c1-3(2-8)7(13,14)5(10)4(9)6(11)12/h3,5H,2H2,1H3. The van der Waals surface area contributed by atoms with E-state index in [1.54, 1.807) is 0 Å². The van der Waals surface area contributed by atoms with Gasteiger partial charge in [0.15, 0.2) is 0 Å². The fourth-order valence-electron chi connectivity index (χ4n) is 0.617. The van der Waals surface area contributed by atoms with E-state index in [0.29, 0.717) is 6.92 Å². The van der Waals surface area contributed by atoms with Crippen LogP contribution in [0.4, 0.5) is 30.7 Å². The Balaban J connectivity index is 4.84. The van der Waals surface area contributed by atoms with Gasteiger partial charge in [0.05, 0.1) is 12.6 Å². The lowest BCUT2D eigenvalue weighted by atomic mass is 10.0. The number of allylic oxidation sites excluding steroid dienone is 1. The predicted octanol–water partition coefficient (Wildman–Crippen LogP) is 3.64. The molecule has 0 aromatic carbocycles. The molecule has 0 spiro atoms. The molecule has 0 rings (SSSR count). The Hall–Kier alpha value is -0.750. The highest BCUT2D eigenvalue weighted by atomic mass is 19.3. The molecule has 14 heavy (non-hydrogen) atoms. The van der Waals surface area contributed by atoms with Crippen molar-refractivity contribution >= 4 is 0 Å². The van der Waals surface area contributed by atoms with Gasteiger partial charge in [-0.1, -0.05) is 6.92 Å². The first-order chi connectivity index (χ1) is 6.25. The molecule has 0 aliphatic heterocycles. The van der Waals surface area contributed by atoms with E-state index in [9.17, 15) is 30.7 Å². The van der Waals surface area contributed by atoms with Crippen molar-refractivity contribution in [3.05, 3.63) is 11.9 Å². The Morgan fingerprint density at radius 1 is 1.21 bits per heavy atom. The van der Waals surface area contributed by atoms with Crippen molar-refractivity contribution in [3.63, 3.8) is 0 Å². The number of hydrogen-bond donors (Lipinski definition) is 0. The molecule has 0 saturated heterocycles. The molecule has 0 bridgehead atoms. The second-order valence-corrected chi connectivity index (χ2v) is 2.70. The maximum Gasteiger partial charge on any atom is 0.304 e. The highest BCUT2D eigenvalue weighted by Crippen LogP contribution is 2.36. The van der Waals surface area contributed by atoms with Gasteiger partial charge in [0.1, 0.15) is 0 Å². The second kappa shape index (κ2) is 4.65. The topological polar surface area (TPSA) is 0 Å². The van der Waals surface area contributed by atoms with Crippen molar-refractivity contribution < 1.29 is 30.7 Å². The van der Waals surface area contributed by atoms with Crippen LogP contribution in [0.5, 0.6) is 0 Å². The van der Waals surface area contributed by atoms with Crippen LogP contribution in [0, 0.1) is 5.92 Å². The maximum atomic E-state index is 12.6. The van der Waals surface area contributed by atoms with Gasteiger partial charge < -0.3 is 0 Å². The summed E-state index contributed by atoms with van der Waals surface area (Å²) < 4.78 is 84.3. The third-order valence-electron chi connectivity index (χ3n) is 1.63. The summed E-state index contributed by atoms with van der Waals surface area (Å²) in [5.41, 5.74) is 0. The average molecular weight is 224 g/mol. The largest absolute Gasteiger partial charge is 0.304 e.